The molecule has 94 valence electrons. The van der Waals surface area contributed by atoms with Gasteiger partial charge in [0.2, 0.25) is 10.0 Å². The zero-order chi connectivity index (χ0) is 13.1. The van der Waals surface area contributed by atoms with Gasteiger partial charge < -0.3 is 5.73 Å². The fraction of sp³-hybridized carbons (Fsp3) is 0.364. The summed E-state index contributed by atoms with van der Waals surface area (Å²) >= 11 is 0. The molecule has 4 N–H and O–H groups in total. The maximum atomic E-state index is 12.0. The van der Waals surface area contributed by atoms with Crippen molar-refractivity contribution in [2.45, 2.75) is 31.2 Å². The standard InChI is InChI=1S/C11H17N3O2S/c1-3-10(11(12)13)14-17(15,16)9-6-4-5-8(2)7-9/h4-7,10,14H,3H2,1-2H3,(H3,12,13). The van der Waals surface area contributed by atoms with E-state index in [-0.39, 0.29) is 10.7 Å². The zero-order valence-electron chi connectivity index (χ0n) is 9.90. The summed E-state index contributed by atoms with van der Waals surface area (Å²) in [6.07, 6.45) is 0.445. The van der Waals surface area contributed by atoms with Crippen LogP contribution in [-0.2, 0) is 10.0 Å². The first kappa shape index (κ1) is 13.7. The summed E-state index contributed by atoms with van der Waals surface area (Å²) in [5, 5.41) is 7.29. The number of sulfonamides is 1. The Labute approximate surface area is 102 Å². The van der Waals surface area contributed by atoms with E-state index >= 15 is 0 Å². The lowest BCUT2D eigenvalue weighted by Crippen LogP contribution is -2.43. The minimum atomic E-state index is -3.61. The number of hydrogen-bond donors (Lipinski definition) is 3. The number of nitrogens with two attached hydrogens (primary N) is 1. The maximum Gasteiger partial charge on any atom is 0.241 e. The van der Waals surface area contributed by atoms with Crippen molar-refractivity contribution in [3.8, 4) is 0 Å². The smallest absolute Gasteiger partial charge is 0.241 e. The Morgan fingerprint density at radius 3 is 2.65 bits per heavy atom. The van der Waals surface area contributed by atoms with Gasteiger partial charge in [-0.2, -0.15) is 0 Å². The number of nitrogens with one attached hydrogen (secondary N) is 2. The summed E-state index contributed by atoms with van der Waals surface area (Å²) in [4.78, 5) is 0.192. The molecule has 0 aromatic heterocycles. The van der Waals surface area contributed by atoms with Crippen molar-refractivity contribution in [3.05, 3.63) is 29.8 Å². The van der Waals surface area contributed by atoms with Crippen LogP contribution in [0.2, 0.25) is 0 Å². The zero-order valence-corrected chi connectivity index (χ0v) is 10.7. The summed E-state index contributed by atoms with van der Waals surface area (Å²) in [5.41, 5.74) is 6.18. The van der Waals surface area contributed by atoms with Crippen LogP contribution < -0.4 is 10.5 Å². The SMILES string of the molecule is CCC(NS(=O)(=O)c1cccc(C)c1)C(=N)N. The van der Waals surface area contributed by atoms with Crippen LogP contribution >= 0.6 is 0 Å². The lowest BCUT2D eigenvalue weighted by Gasteiger charge is -2.15. The highest BCUT2D eigenvalue weighted by Crippen LogP contribution is 2.11. The van der Waals surface area contributed by atoms with E-state index in [4.69, 9.17) is 11.1 Å². The third-order valence-corrected chi connectivity index (χ3v) is 3.85. The topological polar surface area (TPSA) is 96.0 Å². The predicted molar refractivity (Wildman–Crippen MR) is 67.5 cm³/mol. The molecule has 0 radical (unpaired) electrons. The summed E-state index contributed by atoms with van der Waals surface area (Å²) in [6.45, 7) is 3.59. The highest BCUT2D eigenvalue weighted by atomic mass is 32.2. The summed E-state index contributed by atoms with van der Waals surface area (Å²) in [5.74, 6) is -0.177. The van der Waals surface area contributed by atoms with Crippen LogP contribution in [0.4, 0.5) is 0 Å². The van der Waals surface area contributed by atoms with Crippen LogP contribution in [0.1, 0.15) is 18.9 Å². The number of aryl methyl sites for hydroxylation is 1. The molecule has 0 aliphatic carbocycles. The predicted octanol–water partition coefficient (Wildman–Crippen LogP) is 0.988. The molecule has 0 fully saturated rings. The van der Waals surface area contributed by atoms with Crippen LogP contribution in [0.15, 0.2) is 29.2 Å². The molecule has 0 aliphatic rings. The molecule has 5 nitrogen and oxygen atoms in total. The number of rotatable bonds is 5. The van der Waals surface area contributed by atoms with Crippen molar-refractivity contribution in [2.24, 2.45) is 5.73 Å². The van der Waals surface area contributed by atoms with E-state index in [1.807, 2.05) is 13.0 Å². The molecule has 1 unspecified atom stereocenters. The van der Waals surface area contributed by atoms with E-state index in [0.717, 1.165) is 5.56 Å². The summed E-state index contributed by atoms with van der Waals surface area (Å²) in [7, 11) is -3.61. The molecule has 0 saturated carbocycles. The molecule has 0 spiro atoms. The number of benzene rings is 1. The van der Waals surface area contributed by atoms with Gasteiger partial charge in [-0.25, -0.2) is 13.1 Å². The quantitative estimate of drug-likeness (QED) is 0.540. The van der Waals surface area contributed by atoms with Crippen molar-refractivity contribution in [1.82, 2.24) is 4.72 Å². The average molecular weight is 255 g/mol. The van der Waals surface area contributed by atoms with E-state index in [0.29, 0.717) is 6.42 Å². The highest BCUT2D eigenvalue weighted by molar-refractivity contribution is 7.89. The van der Waals surface area contributed by atoms with E-state index in [2.05, 4.69) is 4.72 Å². The Bertz CT molecular complexity index is 511. The van der Waals surface area contributed by atoms with Gasteiger partial charge in [-0.15, -0.1) is 0 Å². The van der Waals surface area contributed by atoms with Gasteiger partial charge in [-0.3, -0.25) is 5.41 Å². The molecular weight excluding hydrogens is 238 g/mol. The lowest BCUT2D eigenvalue weighted by molar-refractivity contribution is 0.571. The fourth-order valence-corrected chi connectivity index (χ4v) is 2.81. The first-order valence-electron chi connectivity index (χ1n) is 5.29. The fourth-order valence-electron chi connectivity index (χ4n) is 1.40. The monoisotopic (exact) mass is 255 g/mol. The molecule has 0 amide bonds. The number of hydrogen-bond acceptors (Lipinski definition) is 3. The van der Waals surface area contributed by atoms with E-state index in [1.54, 1.807) is 19.1 Å². The summed E-state index contributed by atoms with van der Waals surface area (Å²) < 4.78 is 26.4. The van der Waals surface area contributed by atoms with Crippen molar-refractivity contribution in [1.29, 1.82) is 5.41 Å². The molecule has 0 heterocycles. The molecule has 1 rings (SSSR count). The van der Waals surface area contributed by atoms with Crippen LogP contribution in [-0.4, -0.2) is 20.3 Å². The van der Waals surface area contributed by atoms with Gasteiger partial charge in [-0.05, 0) is 31.0 Å². The second-order valence-corrected chi connectivity index (χ2v) is 5.57. The van der Waals surface area contributed by atoms with Gasteiger partial charge in [0, 0.05) is 0 Å². The van der Waals surface area contributed by atoms with Gasteiger partial charge in [0.1, 0.15) is 5.84 Å². The van der Waals surface area contributed by atoms with Gasteiger partial charge in [0.25, 0.3) is 0 Å². The largest absolute Gasteiger partial charge is 0.386 e. The minimum absolute atomic E-state index is 0.177. The van der Waals surface area contributed by atoms with Gasteiger partial charge >= 0.3 is 0 Å². The Kier molecular flexibility index (Phi) is 4.25. The minimum Gasteiger partial charge on any atom is -0.386 e. The van der Waals surface area contributed by atoms with Crippen molar-refractivity contribution < 1.29 is 8.42 Å². The first-order valence-corrected chi connectivity index (χ1v) is 6.78. The Morgan fingerprint density at radius 2 is 2.18 bits per heavy atom. The summed E-state index contributed by atoms with van der Waals surface area (Å²) in [6, 6.07) is 5.94. The van der Waals surface area contributed by atoms with Gasteiger partial charge in [0.05, 0.1) is 10.9 Å². The number of amidine groups is 1. The Hall–Kier alpha value is -1.40. The molecule has 1 atom stereocenters. The lowest BCUT2D eigenvalue weighted by atomic mass is 10.2. The molecular formula is C11H17N3O2S. The average Bonchev–Trinajstić information content (AvgIpc) is 2.25. The highest BCUT2D eigenvalue weighted by Gasteiger charge is 2.20. The third kappa shape index (κ3) is 3.54. The molecule has 0 saturated heterocycles. The Balaban J connectivity index is 3.00. The van der Waals surface area contributed by atoms with Gasteiger partial charge in [0.15, 0.2) is 0 Å². The van der Waals surface area contributed by atoms with Crippen molar-refractivity contribution in [2.75, 3.05) is 0 Å². The Morgan fingerprint density at radius 1 is 1.53 bits per heavy atom. The molecule has 0 aliphatic heterocycles. The third-order valence-electron chi connectivity index (χ3n) is 2.38. The second kappa shape index (κ2) is 5.29. The normalized spacial score (nSPS) is 13.3. The van der Waals surface area contributed by atoms with Crippen LogP contribution in [0.5, 0.6) is 0 Å². The van der Waals surface area contributed by atoms with Gasteiger partial charge in [-0.1, -0.05) is 19.1 Å². The van der Waals surface area contributed by atoms with E-state index < -0.39 is 16.1 Å². The second-order valence-electron chi connectivity index (χ2n) is 3.85. The first-order chi connectivity index (χ1) is 7.86. The van der Waals surface area contributed by atoms with E-state index in [9.17, 15) is 8.42 Å². The van der Waals surface area contributed by atoms with Crippen LogP contribution in [0, 0.1) is 12.3 Å². The maximum absolute atomic E-state index is 12.0. The van der Waals surface area contributed by atoms with Crippen LogP contribution in [0.25, 0.3) is 0 Å². The van der Waals surface area contributed by atoms with E-state index in [1.165, 1.54) is 6.07 Å². The molecule has 17 heavy (non-hydrogen) atoms. The molecule has 6 heteroatoms. The molecule has 1 aromatic rings. The molecule has 1 aromatic carbocycles. The van der Waals surface area contributed by atoms with Crippen molar-refractivity contribution >= 4 is 15.9 Å². The van der Waals surface area contributed by atoms with Crippen molar-refractivity contribution in [3.63, 3.8) is 0 Å². The molecule has 0 bridgehead atoms. The van der Waals surface area contributed by atoms with Crippen LogP contribution in [0.3, 0.4) is 0 Å².